The van der Waals surface area contributed by atoms with E-state index in [2.05, 4.69) is 4.98 Å². The topological polar surface area (TPSA) is 38.9 Å². The lowest BCUT2D eigenvalue weighted by molar-refractivity contribution is -0.127. The van der Waals surface area contributed by atoms with E-state index in [1.807, 2.05) is 0 Å². The van der Waals surface area contributed by atoms with Gasteiger partial charge in [-0.1, -0.05) is 0 Å². The molecular weight excluding hydrogens is 237 g/mol. The average molecular weight is 247 g/mol. The molecule has 0 aliphatic heterocycles. The zero-order chi connectivity index (χ0) is 9.90. The zero-order valence-corrected chi connectivity index (χ0v) is 8.81. The molecule has 0 saturated heterocycles. The fourth-order valence-corrected chi connectivity index (χ4v) is 1.69. The Labute approximate surface area is 89.7 Å². The van der Waals surface area contributed by atoms with Gasteiger partial charge >= 0.3 is 6.18 Å². The molecule has 0 unspecified atom stereocenters. The third-order valence-corrected chi connectivity index (χ3v) is 2.30. The van der Waals surface area contributed by atoms with E-state index in [9.17, 15) is 13.2 Å². The molecule has 82 valence electrons. The maximum absolute atomic E-state index is 11.9. The fraction of sp³-hybridized carbons (Fsp3) is 0.571. The van der Waals surface area contributed by atoms with Crippen molar-refractivity contribution in [3.05, 3.63) is 16.1 Å². The van der Waals surface area contributed by atoms with E-state index in [1.54, 1.807) is 0 Å². The normalized spacial score (nSPS) is 11.1. The molecule has 0 fully saturated rings. The molecule has 14 heavy (non-hydrogen) atoms. The van der Waals surface area contributed by atoms with Gasteiger partial charge in [-0.2, -0.15) is 13.2 Å². The van der Waals surface area contributed by atoms with E-state index in [1.165, 1.54) is 16.7 Å². The van der Waals surface area contributed by atoms with Crippen LogP contribution in [0.2, 0.25) is 0 Å². The van der Waals surface area contributed by atoms with Crippen LogP contribution in [0, 0.1) is 0 Å². The molecule has 2 N–H and O–H groups in total. The van der Waals surface area contributed by atoms with Gasteiger partial charge in [0, 0.05) is 11.8 Å². The number of thiazole rings is 1. The molecule has 0 aliphatic rings. The molecule has 0 aromatic carbocycles. The van der Waals surface area contributed by atoms with Crippen LogP contribution in [0.25, 0.3) is 0 Å². The molecule has 0 spiro atoms. The van der Waals surface area contributed by atoms with Crippen molar-refractivity contribution in [1.82, 2.24) is 4.98 Å². The molecule has 1 rings (SSSR count). The number of rotatable bonds is 3. The molecule has 0 bridgehead atoms. The number of aromatic nitrogens is 1. The first-order valence-corrected chi connectivity index (χ1v) is 4.59. The minimum Gasteiger partial charge on any atom is -0.330 e. The highest BCUT2D eigenvalue weighted by atomic mass is 35.5. The van der Waals surface area contributed by atoms with Crippen molar-refractivity contribution >= 4 is 23.7 Å². The second-order valence-corrected chi connectivity index (χ2v) is 3.51. The average Bonchev–Trinajstić information content (AvgIpc) is 2.33. The van der Waals surface area contributed by atoms with Crippen LogP contribution in [-0.4, -0.2) is 17.7 Å². The molecule has 0 saturated carbocycles. The van der Waals surface area contributed by atoms with Crippen LogP contribution >= 0.6 is 23.7 Å². The first-order chi connectivity index (χ1) is 6.01. The van der Waals surface area contributed by atoms with Gasteiger partial charge in [-0.15, -0.1) is 23.7 Å². The molecule has 0 aliphatic carbocycles. The zero-order valence-electron chi connectivity index (χ0n) is 7.17. The lowest BCUT2D eigenvalue weighted by Gasteiger charge is -2.01. The lowest BCUT2D eigenvalue weighted by atomic mass is 10.3. The van der Waals surface area contributed by atoms with Crippen molar-refractivity contribution in [1.29, 1.82) is 0 Å². The Morgan fingerprint density at radius 1 is 1.43 bits per heavy atom. The van der Waals surface area contributed by atoms with E-state index in [0.29, 0.717) is 18.0 Å². The van der Waals surface area contributed by atoms with Crippen molar-refractivity contribution in [3.8, 4) is 0 Å². The summed E-state index contributed by atoms with van der Waals surface area (Å²) in [5, 5.41) is 2.10. The minimum absolute atomic E-state index is 0. The summed E-state index contributed by atoms with van der Waals surface area (Å²) in [4.78, 5) is 3.80. The monoisotopic (exact) mass is 246 g/mol. The predicted octanol–water partition coefficient (Wildman–Crippen LogP) is 2.17. The van der Waals surface area contributed by atoms with Gasteiger partial charge < -0.3 is 5.73 Å². The van der Waals surface area contributed by atoms with Gasteiger partial charge in [0.1, 0.15) is 0 Å². The van der Waals surface area contributed by atoms with Gasteiger partial charge in [0.25, 0.3) is 0 Å². The Balaban J connectivity index is 0.00000169. The van der Waals surface area contributed by atoms with E-state index in [4.69, 9.17) is 5.73 Å². The number of halogens is 4. The largest absolute Gasteiger partial charge is 0.394 e. The SMILES string of the molecule is Cl.NCCc1nc(CC(F)(F)F)cs1. The van der Waals surface area contributed by atoms with Crippen LogP contribution in [0.1, 0.15) is 10.7 Å². The Morgan fingerprint density at radius 2 is 2.07 bits per heavy atom. The Kier molecular flexibility index (Phi) is 5.40. The summed E-state index contributed by atoms with van der Waals surface area (Å²) < 4.78 is 35.6. The standard InChI is InChI=1S/C7H9F3N2S.ClH/c8-7(9,10)3-5-4-13-6(12-5)1-2-11;/h4H,1-3,11H2;1H. The van der Waals surface area contributed by atoms with Gasteiger partial charge in [0.2, 0.25) is 0 Å². The summed E-state index contributed by atoms with van der Waals surface area (Å²) in [6.45, 7) is 0.416. The first-order valence-electron chi connectivity index (χ1n) is 3.71. The number of nitrogens with zero attached hydrogens (tertiary/aromatic N) is 1. The third-order valence-electron chi connectivity index (χ3n) is 1.34. The number of alkyl halides is 3. The summed E-state index contributed by atoms with van der Waals surface area (Å²) in [5.74, 6) is 0. The highest BCUT2D eigenvalue weighted by molar-refractivity contribution is 7.09. The molecule has 0 amide bonds. The molecule has 0 atom stereocenters. The molecular formula is C7H10ClF3N2S. The first kappa shape index (κ1) is 13.7. The number of nitrogens with two attached hydrogens (primary N) is 1. The second kappa shape index (κ2) is 5.53. The van der Waals surface area contributed by atoms with Crippen molar-refractivity contribution in [2.75, 3.05) is 6.54 Å². The van der Waals surface area contributed by atoms with Crippen molar-refractivity contribution in [2.24, 2.45) is 5.73 Å². The maximum atomic E-state index is 11.9. The lowest BCUT2D eigenvalue weighted by Crippen LogP contribution is -2.12. The van der Waals surface area contributed by atoms with Crippen LogP contribution in [0.4, 0.5) is 13.2 Å². The van der Waals surface area contributed by atoms with Crippen molar-refractivity contribution in [2.45, 2.75) is 19.0 Å². The summed E-state index contributed by atoms with van der Waals surface area (Å²) in [5.41, 5.74) is 5.33. The Hall–Kier alpha value is -0.330. The van der Waals surface area contributed by atoms with Gasteiger partial charge in [-0.25, -0.2) is 4.98 Å². The highest BCUT2D eigenvalue weighted by Crippen LogP contribution is 2.22. The Morgan fingerprint density at radius 3 is 2.57 bits per heavy atom. The number of hydrogen-bond acceptors (Lipinski definition) is 3. The summed E-state index contributed by atoms with van der Waals surface area (Å²) in [6.07, 6.45) is -4.58. The van der Waals surface area contributed by atoms with Gasteiger partial charge in [0.15, 0.2) is 0 Å². The molecule has 1 aromatic heterocycles. The summed E-state index contributed by atoms with van der Waals surface area (Å²) in [6, 6.07) is 0. The molecule has 1 aromatic rings. The van der Waals surface area contributed by atoms with Crippen LogP contribution in [0.15, 0.2) is 5.38 Å². The third kappa shape index (κ3) is 4.78. The van der Waals surface area contributed by atoms with E-state index < -0.39 is 12.6 Å². The molecule has 2 nitrogen and oxygen atoms in total. The van der Waals surface area contributed by atoms with Gasteiger partial charge in [-0.05, 0) is 6.54 Å². The predicted molar refractivity (Wildman–Crippen MR) is 51.9 cm³/mol. The summed E-state index contributed by atoms with van der Waals surface area (Å²) >= 11 is 1.22. The van der Waals surface area contributed by atoms with Crippen LogP contribution in [0.3, 0.4) is 0 Å². The molecule has 0 radical (unpaired) electrons. The van der Waals surface area contributed by atoms with Crippen LogP contribution < -0.4 is 5.73 Å². The fourth-order valence-electron chi connectivity index (χ4n) is 0.874. The van der Waals surface area contributed by atoms with Gasteiger partial charge in [0.05, 0.1) is 17.1 Å². The smallest absolute Gasteiger partial charge is 0.330 e. The Bertz CT molecular complexity index is 274. The molecule has 7 heteroatoms. The van der Waals surface area contributed by atoms with Gasteiger partial charge in [-0.3, -0.25) is 0 Å². The van der Waals surface area contributed by atoms with E-state index >= 15 is 0 Å². The van der Waals surface area contributed by atoms with E-state index in [0.717, 1.165) is 0 Å². The van der Waals surface area contributed by atoms with Crippen molar-refractivity contribution < 1.29 is 13.2 Å². The quantitative estimate of drug-likeness (QED) is 0.888. The highest BCUT2D eigenvalue weighted by Gasteiger charge is 2.28. The van der Waals surface area contributed by atoms with Crippen LogP contribution in [-0.2, 0) is 12.8 Å². The molecule has 1 heterocycles. The summed E-state index contributed by atoms with van der Waals surface area (Å²) in [7, 11) is 0. The number of hydrogen-bond donors (Lipinski definition) is 1. The van der Waals surface area contributed by atoms with Crippen LogP contribution in [0.5, 0.6) is 0 Å². The minimum atomic E-state index is -4.17. The van der Waals surface area contributed by atoms with Crippen molar-refractivity contribution in [3.63, 3.8) is 0 Å². The van der Waals surface area contributed by atoms with E-state index in [-0.39, 0.29) is 18.1 Å². The maximum Gasteiger partial charge on any atom is 0.394 e. The second-order valence-electron chi connectivity index (χ2n) is 2.56.